The number of halogens is 10. The monoisotopic (exact) mass is 1220 g/mol. The Morgan fingerprint density at radius 3 is 0.984 bits per heavy atom. The van der Waals surface area contributed by atoms with Crippen molar-refractivity contribution < 1.29 is 98.1 Å². The summed E-state index contributed by atoms with van der Waals surface area (Å²) in [6.45, 7) is 14.5. The minimum Gasteiger partial charge on any atom is -0.457 e. The van der Waals surface area contributed by atoms with Crippen molar-refractivity contribution in [1.29, 1.82) is 0 Å². The summed E-state index contributed by atoms with van der Waals surface area (Å²) in [7, 11) is 0. The van der Waals surface area contributed by atoms with Crippen LogP contribution in [0.5, 0.6) is 23.0 Å². The second-order valence-corrected chi connectivity index (χ2v) is 12.1. The number of fused-ring (bicyclic) bond motifs is 2. The van der Waals surface area contributed by atoms with Crippen LogP contribution < -0.4 is 9.47 Å². The molecule has 0 aliphatic rings. The van der Waals surface area contributed by atoms with Crippen LogP contribution in [0.1, 0.15) is 0 Å². The summed E-state index contributed by atoms with van der Waals surface area (Å²) in [6.07, 6.45) is 0. The third-order valence-electron chi connectivity index (χ3n) is 8.40. The largest absolute Gasteiger partial charge is 0.457 e. The van der Waals surface area contributed by atoms with Crippen LogP contribution in [0.25, 0.3) is 42.4 Å². The molecule has 320 valence electrons. The van der Waals surface area contributed by atoms with Crippen molar-refractivity contribution in [1.82, 2.24) is 0 Å². The Hall–Kier alpha value is -6.36. The van der Waals surface area contributed by atoms with Gasteiger partial charge in [0.1, 0.15) is 23.0 Å². The van der Waals surface area contributed by atoms with Gasteiger partial charge >= 0.3 is 0 Å². The zero-order valence-electron chi connectivity index (χ0n) is 30.6. The van der Waals surface area contributed by atoms with Crippen molar-refractivity contribution in [2.75, 3.05) is 0 Å². The Balaban J connectivity index is 0.000000289. The van der Waals surface area contributed by atoms with E-state index in [1.54, 1.807) is 24.3 Å². The maximum atomic E-state index is 12.0. The molecule has 0 heterocycles. The average Bonchev–Trinajstić information content (AvgIpc) is 3.27. The summed E-state index contributed by atoms with van der Waals surface area (Å²) >= 11 is 0. The molecule has 16 heteroatoms. The fourth-order valence-electron chi connectivity index (χ4n) is 5.61. The van der Waals surface area contributed by atoms with Gasteiger partial charge in [-0.15, -0.1) is 12.1 Å². The Morgan fingerprint density at radius 2 is 0.677 bits per heavy atom. The summed E-state index contributed by atoms with van der Waals surface area (Å²) < 4.78 is 133. The van der Waals surface area contributed by atoms with Gasteiger partial charge in [-0.05, 0) is 57.9 Å². The number of rotatable bonds is 5. The second kappa shape index (κ2) is 21.4. The van der Waals surface area contributed by atoms with Crippen molar-refractivity contribution in [3.8, 4) is 34.1 Å². The van der Waals surface area contributed by atoms with Crippen LogP contribution in [0.4, 0.5) is 55.3 Å². The molecule has 0 aliphatic heterocycles. The van der Waals surface area contributed by atoms with Gasteiger partial charge < -0.3 is 9.47 Å². The molecule has 0 spiro atoms. The van der Waals surface area contributed by atoms with Crippen LogP contribution in [0.15, 0.2) is 121 Å². The van der Waals surface area contributed by atoms with Gasteiger partial charge in [0.2, 0.25) is 0 Å². The van der Waals surface area contributed by atoms with E-state index in [2.05, 4.69) is 46.1 Å². The molecule has 8 rings (SSSR count). The number of nitrogens with zero attached hydrogens (tertiary/aromatic N) is 2. The van der Waals surface area contributed by atoms with E-state index in [0.29, 0.717) is 34.4 Å². The predicted octanol–water partition coefficient (Wildman–Crippen LogP) is 14.7. The average molecular weight is 1220 g/mol. The Labute approximate surface area is 377 Å². The quantitative estimate of drug-likeness (QED) is 0.0565. The molecule has 0 aromatic heterocycles. The zero-order chi connectivity index (χ0) is 43.1. The molecule has 0 amide bonds. The minimum absolute atomic E-state index is 0. The normalized spacial score (nSPS) is 10.1. The van der Waals surface area contributed by atoms with Crippen LogP contribution in [0, 0.1) is 83.4 Å². The number of hydrogen-bond acceptors (Lipinski definition) is 2. The summed E-state index contributed by atoms with van der Waals surface area (Å²) in [5, 5.41) is 4.23. The minimum atomic E-state index is -2.17. The molecular weight excluding hydrogens is 1200 g/mol. The van der Waals surface area contributed by atoms with E-state index in [-0.39, 0.29) is 44.8 Å². The number of hydrogen-bond donors (Lipinski definition) is 0. The van der Waals surface area contributed by atoms with Gasteiger partial charge in [-0.1, -0.05) is 84.9 Å². The van der Waals surface area contributed by atoms with E-state index in [1.807, 2.05) is 60.7 Å². The molecular formula is C46H20Au2F10N2O2-2. The molecule has 0 saturated carbocycles. The first-order chi connectivity index (χ1) is 28.8. The van der Waals surface area contributed by atoms with E-state index >= 15 is 0 Å². The molecule has 0 N–H and O–H groups in total. The fourth-order valence-corrected chi connectivity index (χ4v) is 5.61. The van der Waals surface area contributed by atoms with E-state index in [4.69, 9.17) is 22.6 Å². The van der Waals surface area contributed by atoms with Crippen molar-refractivity contribution in [2.24, 2.45) is 0 Å². The van der Waals surface area contributed by atoms with Crippen LogP contribution in [0.2, 0.25) is 0 Å². The van der Waals surface area contributed by atoms with Gasteiger partial charge in [-0.2, -0.15) is 0 Å². The Morgan fingerprint density at radius 1 is 0.371 bits per heavy atom. The van der Waals surface area contributed by atoms with Gasteiger partial charge in [-0.3, -0.25) is 17.6 Å². The SMILES string of the molecule is Fc1[c-]c(F)c(F)c(F)c1F.Fc1[c-]c(F)c(F)c(F)c1F.[Au].[Au].[C-]#[N+]c1ccc(Oc2ccc3ccccc3c2-c2c(Oc3ccc([N+]#[C-])cc3)ccc3ccccc23)cc1. The molecule has 2 radical (unpaired) electrons. The topological polar surface area (TPSA) is 27.2 Å². The molecule has 0 unspecified atom stereocenters. The van der Waals surface area contributed by atoms with Crippen molar-refractivity contribution in [3.05, 3.63) is 214 Å². The van der Waals surface area contributed by atoms with Gasteiger partial charge in [0.05, 0.1) is 71.3 Å². The first-order valence-corrected chi connectivity index (χ1v) is 17.0. The summed E-state index contributed by atoms with van der Waals surface area (Å²) in [5.74, 6) is -17.4. The van der Waals surface area contributed by atoms with Crippen molar-refractivity contribution in [3.63, 3.8) is 0 Å². The summed E-state index contributed by atoms with van der Waals surface area (Å²) in [5.41, 5.74) is 2.96. The maximum Gasteiger partial charge on any atom is 0.187 e. The van der Waals surface area contributed by atoms with Crippen LogP contribution in [0.3, 0.4) is 0 Å². The van der Waals surface area contributed by atoms with E-state index in [9.17, 15) is 43.9 Å². The summed E-state index contributed by atoms with van der Waals surface area (Å²) in [4.78, 5) is 6.97. The predicted molar refractivity (Wildman–Crippen MR) is 203 cm³/mol. The van der Waals surface area contributed by atoms with Crippen LogP contribution in [-0.4, -0.2) is 0 Å². The molecule has 62 heavy (non-hydrogen) atoms. The molecule has 0 fully saturated rings. The fraction of sp³-hybridized carbons (Fsp3) is 0. The van der Waals surface area contributed by atoms with E-state index < -0.39 is 58.2 Å². The first-order valence-electron chi connectivity index (χ1n) is 17.0. The van der Waals surface area contributed by atoms with Gasteiger partial charge in [0.25, 0.3) is 0 Å². The molecule has 4 nitrogen and oxygen atoms in total. The third-order valence-corrected chi connectivity index (χ3v) is 8.40. The standard InChI is InChI=1S/C34H20N2O2.2C6F5.2Au/c1-35-25-13-17-27(18-14-25)37-31-21-11-23-7-3-5-9-29(23)33(31)34-30-10-6-4-8-24(30)12-22-32(34)38-28-19-15-26(36-2)16-20-28;2*7-2-1-3(8)5(10)6(11)4(2)9;;/h3-22H;;;;/q;2*-1;;. The smallest absolute Gasteiger partial charge is 0.187 e. The number of ether oxygens (including phenoxy) is 2. The molecule has 0 bridgehead atoms. The Kier molecular flexibility index (Phi) is 16.7. The second-order valence-electron chi connectivity index (χ2n) is 12.1. The van der Waals surface area contributed by atoms with Gasteiger partial charge in [0, 0.05) is 55.9 Å². The first kappa shape index (κ1) is 48.3. The van der Waals surface area contributed by atoms with Gasteiger partial charge in [0.15, 0.2) is 11.4 Å². The maximum absolute atomic E-state index is 12.0. The zero-order valence-corrected chi connectivity index (χ0v) is 35.0. The molecule has 8 aromatic rings. The molecule has 0 aliphatic carbocycles. The third kappa shape index (κ3) is 10.7. The van der Waals surface area contributed by atoms with E-state index in [1.165, 1.54) is 0 Å². The molecule has 0 saturated heterocycles. The number of benzene rings is 8. The van der Waals surface area contributed by atoms with Gasteiger partial charge in [-0.25, -0.2) is 36.0 Å². The molecule has 8 aromatic carbocycles. The van der Waals surface area contributed by atoms with Crippen molar-refractivity contribution >= 4 is 32.9 Å². The van der Waals surface area contributed by atoms with Crippen LogP contribution >= 0.6 is 0 Å². The van der Waals surface area contributed by atoms with Crippen molar-refractivity contribution in [2.45, 2.75) is 0 Å². The molecule has 0 atom stereocenters. The summed E-state index contributed by atoms with van der Waals surface area (Å²) in [6, 6.07) is 40.8. The Bertz CT molecular complexity index is 2720. The van der Waals surface area contributed by atoms with E-state index in [0.717, 1.165) is 44.8 Å². The van der Waals surface area contributed by atoms with Crippen LogP contribution in [-0.2, 0) is 44.8 Å².